The number of phenols is 2. The Balaban J connectivity index is 0.000000547. The van der Waals surface area contributed by atoms with E-state index in [1.54, 1.807) is 24.3 Å². The van der Waals surface area contributed by atoms with Crippen LogP contribution in [-0.4, -0.2) is 16.8 Å². The van der Waals surface area contributed by atoms with Gasteiger partial charge in [0.1, 0.15) is 11.5 Å². The molecule has 4 nitrogen and oxygen atoms in total. The van der Waals surface area contributed by atoms with Gasteiger partial charge in [0.05, 0.1) is 0 Å². The Labute approximate surface area is 184 Å². The summed E-state index contributed by atoms with van der Waals surface area (Å²) in [7, 11) is 0. The maximum atomic E-state index is 9.64. The molecule has 5 N–H and O–H groups in total. The van der Waals surface area contributed by atoms with Crippen LogP contribution < -0.4 is 11.1 Å². The van der Waals surface area contributed by atoms with Crippen molar-refractivity contribution in [3.05, 3.63) is 59.7 Å². The molecule has 4 heteroatoms. The van der Waals surface area contributed by atoms with Gasteiger partial charge in [0, 0.05) is 24.2 Å². The number of hydrogen-bond acceptors (Lipinski definition) is 4. The molecule has 0 amide bonds. The van der Waals surface area contributed by atoms with Crippen LogP contribution in [0.5, 0.6) is 11.5 Å². The van der Waals surface area contributed by atoms with Gasteiger partial charge in [-0.25, -0.2) is 0 Å². The zero-order chi connectivity index (χ0) is 22.8. The molecule has 0 spiro atoms. The summed E-state index contributed by atoms with van der Waals surface area (Å²) in [6.07, 6.45) is 5.47. The molecule has 1 saturated carbocycles. The number of aromatic hydroxyl groups is 2. The predicted octanol–water partition coefficient (Wildman–Crippen LogP) is 6.21. The van der Waals surface area contributed by atoms with Crippen LogP contribution in [0.3, 0.4) is 0 Å². The average Bonchev–Trinajstić information content (AvgIpc) is 2.80. The summed E-state index contributed by atoms with van der Waals surface area (Å²) in [5.41, 5.74) is 7.08. The topological polar surface area (TPSA) is 78.5 Å². The highest BCUT2D eigenvalue weighted by Gasteiger charge is 2.17. The number of hydrogen-bond donors (Lipinski definition) is 4. The third kappa shape index (κ3) is 11.2. The number of para-hydroxylation sites is 2. The Morgan fingerprint density at radius 1 is 0.800 bits per heavy atom. The molecule has 1 fully saturated rings. The Morgan fingerprint density at radius 2 is 1.27 bits per heavy atom. The molecule has 2 aromatic carbocycles. The van der Waals surface area contributed by atoms with Crippen LogP contribution in [0.2, 0.25) is 0 Å². The fourth-order valence-electron chi connectivity index (χ4n) is 3.29. The monoisotopic (exact) mass is 416 g/mol. The zero-order valence-corrected chi connectivity index (χ0v) is 19.7. The van der Waals surface area contributed by atoms with Crippen molar-refractivity contribution < 1.29 is 10.2 Å². The van der Waals surface area contributed by atoms with Crippen molar-refractivity contribution in [3.8, 4) is 11.5 Å². The standard InChI is InChI=1S/C15H23NO.C7H9NO.2C2H6/c1-12-6-8-13(9-7-12)10-16-11-14-4-2-3-5-15(14)17;8-5-6-3-1-2-4-7(6)9;2*1-2/h2-5,12-13,16-17H,6-11H2,1H3;1-4,9H,5,8H2;2*1-2H3. The summed E-state index contributed by atoms with van der Waals surface area (Å²) >= 11 is 0. The highest BCUT2D eigenvalue weighted by atomic mass is 16.3. The molecule has 0 bridgehead atoms. The zero-order valence-electron chi connectivity index (χ0n) is 19.7. The summed E-state index contributed by atoms with van der Waals surface area (Å²) in [5.74, 6) is 2.43. The van der Waals surface area contributed by atoms with E-state index in [-0.39, 0.29) is 5.75 Å². The van der Waals surface area contributed by atoms with Gasteiger partial charge in [-0.1, -0.05) is 83.9 Å². The van der Waals surface area contributed by atoms with Crippen LogP contribution in [0.4, 0.5) is 0 Å². The summed E-state index contributed by atoms with van der Waals surface area (Å²) in [5, 5.41) is 22.1. The predicted molar refractivity (Wildman–Crippen MR) is 130 cm³/mol. The van der Waals surface area contributed by atoms with Gasteiger partial charge in [0.15, 0.2) is 0 Å². The SMILES string of the molecule is CC.CC.CC1CCC(CNCc2ccccc2O)CC1.NCc1ccccc1O. The van der Waals surface area contributed by atoms with Gasteiger partial charge in [-0.15, -0.1) is 0 Å². The van der Waals surface area contributed by atoms with Gasteiger partial charge in [0.25, 0.3) is 0 Å². The third-order valence-corrected chi connectivity index (χ3v) is 5.09. The minimum atomic E-state index is 0.278. The van der Waals surface area contributed by atoms with E-state index in [1.165, 1.54) is 25.7 Å². The molecule has 2 aromatic rings. The molecule has 0 aromatic heterocycles. The maximum Gasteiger partial charge on any atom is 0.120 e. The lowest BCUT2D eigenvalue weighted by atomic mass is 9.83. The number of nitrogens with two attached hydrogens (primary N) is 1. The van der Waals surface area contributed by atoms with E-state index in [0.717, 1.165) is 36.1 Å². The maximum absolute atomic E-state index is 9.64. The first-order chi connectivity index (χ1) is 14.6. The fourth-order valence-corrected chi connectivity index (χ4v) is 3.29. The van der Waals surface area contributed by atoms with Crippen molar-refractivity contribution in [3.63, 3.8) is 0 Å². The van der Waals surface area contributed by atoms with Crippen molar-refractivity contribution in [1.82, 2.24) is 5.32 Å². The Bertz CT molecular complexity index is 653. The quantitative estimate of drug-likeness (QED) is 0.467. The summed E-state index contributed by atoms with van der Waals surface area (Å²) < 4.78 is 0. The highest BCUT2D eigenvalue weighted by Crippen LogP contribution is 2.27. The number of benzene rings is 2. The lowest BCUT2D eigenvalue weighted by Gasteiger charge is -2.26. The lowest BCUT2D eigenvalue weighted by molar-refractivity contribution is 0.281. The summed E-state index contributed by atoms with van der Waals surface area (Å²) in [6, 6.07) is 14.6. The largest absolute Gasteiger partial charge is 0.508 e. The molecule has 30 heavy (non-hydrogen) atoms. The van der Waals surface area contributed by atoms with Gasteiger partial charge < -0.3 is 21.3 Å². The van der Waals surface area contributed by atoms with Crippen LogP contribution in [-0.2, 0) is 13.1 Å². The molecule has 0 atom stereocenters. The number of phenolic OH excluding ortho intramolecular Hbond substituents is 2. The van der Waals surface area contributed by atoms with E-state index in [4.69, 9.17) is 10.8 Å². The van der Waals surface area contributed by atoms with E-state index in [1.807, 2.05) is 52.0 Å². The smallest absolute Gasteiger partial charge is 0.120 e. The molecule has 1 aliphatic rings. The Kier molecular flexibility index (Phi) is 16.6. The second kappa shape index (κ2) is 17.8. The minimum absolute atomic E-state index is 0.278. The lowest BCUT2D eigenvalue weighted by Crippen LogP contribution is -2.25. The van der Waals surface area contributed by atoms with Gasteiger partial charge in [-0.3, -0.25) is 0 Å². The molecule has 3 rings (SSSR count). The first kappa shape index (κ1) is 28.0. The van der Waals surface area contributed by atoms with E-state index in [2.05, 4.69) is 12.2 Å². The Hall–Kier alpha value is -2.04. The number of nitrogens with one attached hydrogen (secondary N) is 1. The van der Waals surface area contributed by atoms with Crippen LogP contribution >= 0.6 is 0 Å². The average molecular weight is 417 g/mol. The second-order valence-electron chi connectivity index (χ2n) is 7.22. The fraction of sp³-hybridized carbons (Fsp3) is 0.538. The third-order valence-electron chi connectivity index (χ3n) is 5.09. The highest BCUT2D eigenvalue weighted by molar-refractivity contribution is 5.32. The second-order valence-corrected chi connectivity index (χ2v) is 7.22. The van der Waals surface area contributed by atoms with Crippen LogP contribution in [0.15, 0.2) is 48.5 Å². The molecule has 170 valence electrons. The molecular formula is C26H44N2O2. The summed E-state index contributed by atoms with van der Waals surface area (Å²) in [4.78, 5) is 0. The summed E-state index contributed by atoms with van der Waals surface area (Å²) in [6.45, 7) is 12.6. The first-order valence-corrected chi connectivity index (χ1v) is 11.5. The van der Waals surface area contributed by atoms with Crippen LogP contribution in [0, 0.1) is 11.8 Å². The molecule has 0 saturated heterocycles. The normalized spacial score (nSPS) is 17.3. The van der Waals surface area contributed by atoms with Crippen molar-refractivity contribution >= 4 is 0 Å². The molecule has 0 heterocycles. The van der Waals surface area contributed by atoms with Crippen LogP contribution in [0.25, 0.3) is 0 Å². The van der Waals surface area contributed by atoms with Gasteiger partial charge in [0.2, 0.25) is 0 Å². The molecular weight excluding hydrogens is 372 g/mol. The van der Waals surface area contributed by atoms with Crippen molar-refractivity contribution in [2.45, 2.75) is 73.4 Å². The van der Waals surface area contributed by atoms with Gasteiger partial charge in [-0.2, -0.15) is 0 Å². The Morgan fingerprint density at radius 3 is 1.70 bits per heavy atom. The van der Waals surface area contributed by atoms with Crippen molar-refractivity contribution in [1.29, 1.82) is 0 Å². The van der Waals surface area contributed by atoms with E-state index < -0.39 is 0 Å². The van der Waals surface area contributed by atoms with Gasteiger partial charge >= 0.3 is 0 Å². The van der Waals surface area contributed by atoms with E-state index in [0.29, 0.717) is 12.3 Å². The minimum Gasteiger partial charge on any atom is -0.508 e. The van der Waals surface area contributed by atoms with Crippen molar-refractivity contribution in [2.24, 2.45) is 17.6 Å². The first-order valence-electron chi connectivity index (χ1n) is 11.5. The van der Waals surface area contributed by atoms with Crippen molar-refractivity contribution in [2.75, 3.05) is 6.54 Å². The van der Waals surface area contributed by atoms with E-state index >= 15 is 0 Å². The van der Waals surface area contributed by atoms with Gasteiger partial charge in [-0.05, 0) is 43.4 Å². The molecule has 0 radical (unpaired) electrons. The van der Waals surface area contributed by atoms with Crippen LogP contribution in [0.1, 0.15) is 71.4 Å². The number of rotatable bonds is 5. The molecule has 0 aliphatic heterocycles. The molecule has 0 unspecified atom stereocenters. The van der Waals surface area contributed by atoms with E-state index in [9.17, 15) is 5.11 Å². The molecule has 1 aliphatic carbocycles.